The van der Waals surface area contributed by atoms with Gasteiger partial charge in [0.2, 0.25) is 6.29 Å². The molecule has 0 amide bonds. The summed E-state index contributed by atoms with van der Waals surface area (Å²) in [4.78, 5) is 11.8. The molecule has 0 unspecified atom stereocenters. The lowest BCUT2D eigenvalue weighted by Gasteiger charge is -2.24. The molecular weight excluding hydrogens is 432 g/mol. The van der Waals surface area contributed by atoms with Crippen molar-refractivity contribution in [2.75, 3.05) is 6.61 Å². The van der Waals surface area contributed by atoms with E-state index in [1.54, 1.807) is 0 Å². The van der Waals surface area contributed by atoms with Gasteiger partial charge in [-0.1, -0.05) is 91.0 Å². The highest BCUT2D eigenvalue weighted by molar-refractivity contribution is 5.66. The first kappa shape index (κ1) is 24.1. The van der Waals surface area contributed by atoms with Crippen LogP contribution in [0.15, 0.2) is 91.0 Å². The van der Waals surface area contributed by atoms with Gasteiger partial charge in [-0.3, -0.25) is 4.79 Å². The van der Waals surface area contributed by atoms with Crippen molar-refractivity contribution in [3.8, 4) is 0 Å². The zero-order valence-corrected chi connectivity index (χ0v) is 19.2. The fraction of sp³-hybridized carbons (Fsp3) is 0.321. The van der Waals surface area contributed by atoms with Crippen LogP contribution in [0.4, 0.5) is 0 Å². The SMILES string of the molecule is CC(=O)O[C@H]1O[C@@H](COCc2ccccc2)[C@H](OCc2ccccc2)[C@@H]1OCc1ccccc1. The molecule has 1 fully saturated rings. The number of rotatable bonds is 11. The van der Waals surface area contributed by atoms with Gasteiger partial charge < -0.3 is 23.7 Å². The maximum absolute atomic E-state index is 11.8. The Morgan fingerprint density at radius 3 is 1.68 bits per heavy atom. The lowest BCUT2D eigenvalue weighted by molar-refractivity contribution is -0.195. The maximum Gasteiger partial charge on any atom is 0.305 e. The summed E-state index contributed by atoms with van der Waals surface area (Å²) < 4.78 is 30.0. The first-order chi connectivity index (χ1) is 16.7. The van der Waals surface area contributed by atoms with E-state index in [2.05, 4.69) is 0 Å². The Labute approximate surface area is 200 Å². The van der Waals surface area contributed by atoms with Gasteiger partial charge in [-0.2, -0.15) is 0 Å². The summed E-state index contributed by atoms with van der Waals surface area (Å²) in [5.74, 6) is -0.439. The van der Waals surface area contributed by atoms with Gasteiger partial charge in [-0.05, 0) is 16.7 Å². The summed E-state index contributed by atoms with van der Waals surface area (Å²) in [6.45, 7) is 2.80. The Bertz CT molecular complexity index is 995. The van der Waals surface area contributed by atoms with Crippen molar-refractivity contribution < 1.29 is 28.5 Å². The van der Waals surface area contributed by atoms with Crippen molar-refractivity contribution in [3.05, 3.63) is 108 Å². The Morgan fingerprint density at radius 1 is 0.706 bits per heavy atom. The predicted octanol–water partition coefficient (Wildman–Crippen LogP) is 4.66. The summed E-state index contributed by atoms with van der Waals surface area (Å²) in [6.07, 6.45) is -2.42. The van der Waals surface area contributed by atoms with E-state index < -0.39 is 30.6 Å². The zero-order valence-electron chi connectivity index (χ0n) is 19.2. The summed E-state index contributed by atoms with van der Waals surface area (Å²) in [7, 11) is 0. The molecule has 6 heteroatoms. The molecule has 0 radical (unpaired) electrons. The second-order valence-corrected chi connectivity index (χ2v) is 8.18. The van der Waals surface area contributed by atoms with Crippen molar-refractivity contribution in [1.82, 2.24) is 0 Å². The molecule has 0 bridgehead atoms. The molecule has 0 aliphatic carbocycles. The van der Waals surface area contributed by atoms with Crippen molar-refractivity contribution in [1.29, 1.82) is 0 Å². The van der Waals surface area contributed by atoms with Gasteiger partial charge in [-0.25, -0.2) is 0 Å². The van der Waals surface area contributed by atoms with E-state index in [4.69, 9.17) is 23.7 Å². The van der Waals surface area contributed by atoms with Gasteiger partial charge in [0.05, 0.1) is 26.4 Å². The van der Waals surface area contributed by atoms with Gasteiger partial charge >= 0.3 is 5.97 Å². The average molecular weight is 463 g/mol. The van der Waals surface area contributed by atoms with Gasteiger partial charge in [0.1, 0.15) is 18.3 Å². The maximum atomic E-state index is 11.8. The fourth-order valence-corrected chi connectivity index (χ4v) is 3.86. The molecule has 178 valence electrons. The minimum absolute atomic E-state index is 0.275. The molecule has 1 heterocycles. The first-order valence-electron chi connectivity index (χ1n) is 11.4. The smallest absolute Gasteiger partial charge is 0.305 e. The van der Waals surface area contributed by atoms with Crippen LogP contribution in [0.2, 0.25) is 0 Å². The quantitative estimate of drug-likeness (QED) is 0.386. The van der Waals surface area contributed by atoms with Crippen molar-refractivity contribution in [2.45, 2.75) is 51.3 Å². The normalized spacial score (nSPS) is 21.9. The van der Waals surface area contributed by atoms with Crippen LogP contribution >= 0.6 is 0 Å². The number of carbonyl (C=O) groups is 1. The molecule has 0 saturated carbocycles. The number of carbonyl (C=O) groups excluding carboxylic acids is 1. The van der Waals surface area contributed by atoms with E-state index in [1.165, 1.54) is 6.92 Å². The molecule has 0 aromatic heterocycles. The second-order valence-electron chi connectivity index (χ2n) is 8.18. The van der Waals surface area contributed by atoms with Crippen molar-refractivity contribution in [2.24, 2.45) is 0 Å². The van der Waals surface area contributed by atoms with Crippen LogP contribution in [0.25, 0.3) is 0 Å². The van der Waals surface area contributed by atoms with Crippen LogP contribution in [0, 0.1) is 0 Å². The van der Waals surface area contributed by atoms with Gasteiger partial charge in [-0.15, -0.1) is 0 Å². The van der Waals surface area contributed by atoms with Gasteiger partial charge in [0.25, 0.3) is 0 Å². The topological polar surface area (TPSA) is 63.2 Å². The molecule has 3 aromatic rings. The van der Waals surface area contributed by atoms with E-state index in [0.29, 0.717) is 19.8 Å². The van der Waals surface area contributed by atoms with E-state index in [1.807, 2.05) is 91.0 Å². The Balaban J connectivity index is 1.47. The van der Waals surface area contributed by atoms with Crippen LogP contribution in [0.5, 0.6) is 0 Å². The molecule has 4 rings (SSSR count). The molecule has 1 aliphatic rings. The Morgan fingerprint density at radius 2 is 1.18 bits per heavy atom. The fourth-order valence-electron chi connectivity index (χ4n) is 3.86. The summed E-state index contributed by atoms with van der Waals surface area (Å²) in [6, 6.07) is 29.7. The van der Waals surface area contributed by atoms with E-state index in [9.17, 15) is 4.79 Å². The number of esters is 1. The van der Waals surface area contributed by atoms with E-state index in [0.717, 1.165) is 16.7 Å². The molecule has 3 aromatic carbocycles. The number of benzene rings is 3. The average Bonchev–Trinajstić information content (AvgIpc) is 3.18. The Kier molecular flexibility index (Phi) is 8.82. The molecule has 34 heavy (non-hydrogen) atoms. The molecule has 1 saturated heterocycles. The standard InChI is InChI=1S/C28H30O6/c1-21(29)33-28-27(32-19-24-15-9-4-10-16-24)26(31-18-23-13-7-3-8-14-23)25(34-28)20-30-17-22-11-5-2-6-12-22/h2-16,25-28H,17-20H2,1H3/t25-,26-,27-,28-/m0/s1. The van der Waals surface area contributed by atoms with Crippen LogP contribution < -0.4 is 0 Å². The lowest BCUT2D eigenvalue weighted by Crippen LogP contribution is -2.40. The van der Waals surface area contributed by atoms with Gasteiger partial charge in [0, 0.05) is 6.92 Å². The Hall–Kier alpha value is -3.03. The molecular formula is C28H30O6. The number of ether oxygens (including phenoxy) is 5. The minimum atomic E-state index is -0.882. The predicted molar refractivity (Wildman–Crippen MR) is 127 cm³/mol. The summed E-state index contributed by atoms with van der Waals surface area (Å²) >= 11 is 0. The lowest BCUT2D eigenvalue weighted by atomic mass is 10.1. The zero-order chi connectivity index (χ0) is 23.6. The molecule has 0 N–H and O–H groups in total. The summed E-state index contributed by atoms with van der Waals surface area (Å²) in [5, 5.41) is 0. The highest BCUT2D eigenvalue weighted by Gasteiger charge is 2.48. The van der Waals surface area contributed by atoms with E-state index >= 15 is 0 Å². The van der Waals surface area contributed by atoms with Crippen LogP contribution in [0.1, 0.15) is 23.6 Å². The second kappa shape index (κ2) is 12.4. The summed E-state index contributed by atoms with van der Waals surface area (Å²) in [5.41, 5.74) is 3.11. The first-order valence-corrected chi connectivity index (χ1v) is 11.4. The van der Waals surface area contributed by atoms with Crippen molar-refractivity contribution in [3.63, 3.8) is 0 Å². The van der Waals surface area contributed by atoms with Gasteiger partial charge in [0.15, 0.2) is 0 Å². The third kappa shape index (κ3) is 6.98. The monoisotopic (exact) mass is 462 g/mol. The highest BCUT2D eigenvalue weighted by Crippen LogP contribution is 2.30. The molecule has 0 spiro atoms. The highest BCUT2D eigenvalue weighted by atomic mass is 16.7. The minimum Gasteiger partial charge on any atom is -0.433 e. The molecule has 1 aliphatic heterocycles. The van der Waals surface area contributed by atoms with Crippen LogP contribution in [0.3, 0.4) is 0 Å². The third-order valence-corrected chi connectivity index (χ3v) is 5.51. The van der Waals surface area contributed by atoms with Crippen molar-refractivity contribution >= 4 is 5.97 Å². The van der Waals surface area contributed by atoms with Crippen LogP contribution in [-0.4, -0.2) is 37.2 Å². The largest absolute Gasteiger partial charge is 0.433 e. The molecule has 4 atom stereocenters. The van der Waals surface area contributed by atoms with Crippen LogP contribution in [-0.2, 0) is 48.3 Å². The van der Waals surface area contributed by atoms with E-state index in [-0.39, 0.29) is 6.61 Å². The number of hydrogen-bond acceptors (Lipinski definition) is 6. The molecule has 6 nitrogen and oxygen atoms in total. The number of hydrogen-bond donors (Lipinski definition) is 0. The third-order valence-electron chi connectivity index (χ3n) is 5.51.